The van der Waals surface area contributed by atoms with Crippen molar-refractivity contribution in [2.24, 2.45) is 0 Å². The molecule has 24 heavy (non-hydrogen) atoms. The standard InChI is InChI=1S/C15H21N5O2Se2/c1-20(2,3)12(14(21)22)10-11-13(23-8-4-6-16)19-15(18-11)24-9-5-7-17/h12H,4-5,8-10H2,1-3H3,(H-,18,19,21,22)/t12-/m0/s1. The molecule has 0 radical (unpaired) electrons. The third-order valence-electron chi connectivity index (χ3n) is 3.23. The van der Waals surface area contributed by atoms with E-state index in [1.54, 1.807) is 0 Å². The molecule has 1 aromatic heterocycles. The number of hydrogen-bond donors (Lipinski definition) is 1. The monoisotopic (exact) mass is 463 g/mol. The summed E-state index contributed by atoms with van der Waals surface area (Å²) < 4.78 is 2.01. The predicted molar refractivity (Wildman–Crippen MR) is 90.0 cm³/mol. The van der Waals surface area contributed by atoms with Gasteiger partial charge < -0.3 is 0 Å². The Bertz CT molecular complexity index is 640. The van der Waals surface area contributed by atoms with E-state index in [0.717, 1.165) is 25.6 Å². The van der Waals surface area contributed by atoms with Gasteiger partial charge in [0.25, 0.3) is 0 Å². The Morgan fingerprint density at radius 2 is 1.83 bits per heavy atom. The second kappa shape index (κ2) is 9.83. The first-order chi connectivity index (χ1) is 11.3. The summed E-state index contributed by atoms with van der Waals surface area (Å²) in [6.45, 7) is 0. The molecule has 0 aliphatic carbocycles. The van der Waals surface area contributed by atoms with Crippen LogP contribution in [0.5, 0.6) is 0 Å². The van der Waals surface area contributed by atoms with Crippen LogP contribution in [0.4, 0.5) is 0 Å². The van der Waals surface area contributed by atoms with Crippen molar-refractivity contribution in [2.45, 2.75) is 35.9 Å². The number of nitriles is 2. The van der Waals surface area contributed by atoms with E-state index in [9.17, 15) is 9.90 Å². The van der Waals surface area contributed by atoms with Gasteiger partial charge in [0.15, 0.2) is 0 Å². The van der Waals surface area contributed by atoms with Crippen LogP contribution in [-0.4, -0.2) is 77.5 Å². The summed E-state index contributed by atoms with van der Waals surface area (Å²) in [4.78, 5) is 19.4. The molecule has 1 atom stereocenters. The summed E-state index contributed by atoms with van der Waals surface area (Å²) >= 11 is 0.105. The Morgan fingerprint density at radius 1 is 1.25 bits per heavy atom. The van der Waals surface area contributed by atoms with Crippen LogP contribution in [0.3, 0.4) is 0 Å². The van der Waals surface area contributed by atoms with Crippen LogP contribution in [0, 0.1) is 22.7 Å². The van der Waals surface area contributed by atoms with Crippen molar-refractivity contribution in [3.8, 4) is 12.1 Å². The Kier molecular flexibility index (Phi) is 8.48. The summed E-state index contributed by atoms with van der Waals surface area (Å²) in [5.41, 5.74) is 0.837. The molecule has 0 saturated heterocycles. The van der Waals surface area contributed by atoms with Gasteiger partial charge in [-0.2, -0.15) is 0 Å². The maximum atomic E-state index is 11.5. The number of aromatic amines is 1. The van der Waals surface area contributed by atoms with Crippen LogP contribution >= 0.6 is 0 Å². The first kappa shape index (κ1) is 20.7. The molecule has 0 aliphatic rings. The zero-order valence-corrected chi connectivity index (χ0v) is 17.5. The molecule has 1 aromatic rings. The van der Waals surface area contributed by atoms with E-state index < -0.39 is 12.0 Å². The van der Waals surface area contributed by atoms with E-state index in [1.165, 1.54) is 0 Å². The molecular formula is C15H21N5O2Se2. The van der Waals surface area contributed by atoms with Crippen molar-refractivity contribution in [1.82, 2.24) is 9.97 Å². The molecule has 0 spiro atoms. The molecule has 9 heteroatoms. The van der Waals surface area contributed by atoms with Crippen molar-refractivity contribution in [1.29, 1.82) is 10.5 Å². The Labute approximate surface area is 155 Å². The van der Waals surface area contributed by atoms with Gasteiger partial charge in [0.1, 0.15) is 0 Å². The van der Waals surface area contributed by atoms with E-state index in [4.69, 9.17) is 10.5 Å². The topological polar surface area (TPSA) is 116 Å². The summed E-state index contributed by atoms with van der Waals surface area (Å²) in [6.07, 6.45) is 1.29. The molecule has 1 N–H and O–H groups in total. The minimum absolute atomic E-state index is 0.0342. The van der Waals surface area contributed by atoms with Crippen LogP contribution in [0.15, 0.2) is 0 Å². The quantitative estimate of drug-likeness (QED) is 0.248. The van der Waals surface area contributed by atoms with Crippen molar-refractivity contribution in [3.05, 3.63) is 5.69 Å². The third-order valence-corrected chi connectivity index (χ3v) is 7.20. The molecule has 1 heterocycles. The van der Waals surface area contributed by atoms with E-state index in [-0.39, 0.29) is 34.4 Å². The van der Waals surface area contributed by atoms with Crippen LogP contribution in [0.1, 0.15) is 18.5 Å². The van der Waals surface area contributed by atoms with Gasteiger partial charge in [-0.25, -0.2) is 0 Å². The predicted octanol–water partition coefficient (Wildman–Crippen LogP) is -1.90. The number of aliphatic carboxylic acids is 1. The summed E-state index contributed by atoms with van der Waals surface area (Å²) in [5.74, 6) is -1.08. The van der Waals surface area contributed by atoms with Gasteiger partial charge >= 0.3 is 155 Å². The molecule has 130 valence electrons. The van der Waals surface area contributed by atoms with Gasteiger partial charge in [-0.15, -0.1) is 0 Å². The average molecular weight is 461 g/mol. The number of aromatic nitrogens is 2. The molecule has 0 aliphatic heterocycles. The molecule has 0 unspecified atom stereocenters. The fourth-order valence-corrected chi connectivity index (χ4v) is 5.58. The number of hydrogen-bond acceptors (Lipinski definition) is 5. The van der Waals surface area contributed by atoms with Gasteiger partial charge in [0, 0.05) is 0 Å². The second-order valence-electron chi connectivity index (χ2n) is 5.99. The molecule has 0 bridgehead atoms. The number of rotatable bonds is 10. The first-order valence-electron chi connectivity index (χ1n) is 7.40. The van der Waals surface area contributed by atoms with Crippen molar-refractivity contribution < 1.29 is 14.4 Å². The summed E-state index contributed by atoms with van der Waals surface area (Å²) in [5, 5.41) is 30.4. The van der Waals surface area contributed by atoms with Gasteiger partial charge in [-0.1, -0.05) is 0 Å². The molecule has 0 aromatic carbocycles. The minimum atomic E-state index is -1.08. The molecule has 1 rings (SSSR count). The normalized spacial score (nSPS) is 12.4. The number of nitrogens with zero attached hydrogens (tertiary/aromatic N) is 4. The van der Waals surface area contributed by atoms with Crippen molar-refractivity contribution in [3.63, 3.8) is 0 Å². The van der Waals surface area contributed by atoms with E-state index in [1.807, 2.05) is 21.1 Å². The molecule has 7 nitrogen and oxygen atoms in total. The zero-order valence-electron chi connectivity index (χ0n) is 14.0. The van der Waals surface area contributed by atoms with Crippen LogP contribution in [-0.2, 0) is 11.2 Å². The molecular weight excluding hydrogens is 440 g/mol. The van der Waals surface area contributed by atoms with Gasteiger partial charge in [0.05, 0.1) is 0 Å². The van der Waals surface area contributed by atoms with Crippen molar-refractivity contribution >= 4 is 45.2 Å². The number of H-pyrrole nitrogens is 1. The van der Waals surface area contributed by atoms with Gasteiger partial charge in [-0.3, -0.25) is 0 Å². The van der Waals surface area contributed by atoms with Crippen LogP contribution < -0.4 is 14.4 Å². The number of carbonyl (C=O) groups excluding carboxylic acids is 1. The summed E-state index contributed by atoms with van der Waals surface area (Å²) in [6, 6.07) is 3.58. The van der Waals surface area contributed by atoms with Crippen LogP contribution in [0.2, 0.25) is 10.6 Å². The number of carbonyl (C=O) groups is 1. The van der Waals surface area contributed by atoms with Gasteiger partial charge in [-0.05, 0) is 0 Å². The fraction of sp³-hybridized carbons (Fsp3) is 0.600. The van der Waals surface area contributed by atoms with E-state index in [2.05, 4.69) is 22.1 Å². The molecule has 0 fully saturated rings. The van der Waals surface area contributed by atoms with Crippen LogP contribution in [0.25, 0.3) is 0 Å². The number of quaternary nitrogens is 1. The molecule has 0 amide bonds. The Hall–Kier alpha value is -1.34. The van der Waals surface area contributed by atoms with Crippen molar-refractivity contribution in [2.75, 3.05) is 21.1 Å². The zero-order chi connectivity index (χ0) is 18.2. The summed E-state index contributed by atoms with van der Waals surface area (Å²) in [7, 11) is 5.49. The molecule has 0 saturated carbocycles. The first-order valence-corrected chi connectivity index (χ1v) is 11.5. The number of carboxylic acid groups (broad SMARTS) is 1. The van der Waals surface area contributed by atoms with Gasteiger partial charge in [0.2, 0.25) is 0 Å². The SMILES string of the molecule is C[N+](C)(C)[C@@H](Cc1[nH]c([Se]CCC#N)nc1[Se]CCC#N)C(=O)[O-]. The maximum absolute atomic E-state index is 11.5. The number of carboxylic acids is 1. The average Bonchev–Trinajstić information content (AvgIpc) is 2.86. The number of imidazole rings is 1. The van der Waals surface area contributed by atoms with E-state index >= 15 is 0 Å². The second-order valence-corrected chi connectivity index (χ2v) is 10.5. The Morgan fingerprint density at radius 3 is 2.33 bits per heavy atom. The van der Waals surface area contributed by atoms with E-state index in [0.29, 0.717) is 19.3 Å². The third kappa shape index (κ3) is 6.65. The fourth-order valence-electron chi connectivity index (χ4n) is 1.95. The number of nitrogens with one attached hydrogen (secondary N) is 1. The Balaban J connectivity index is 2.97. The number of likely N-dealkylation sites (N-methyl/N-ethyl adjacent to an activating group) is 1.